The molecule has 2 rings (SSSR count). The Kier molecular flexibility index (Phi) is 4.96. The molecule has 0 fully saturated rings. The van der Waals surface area contributed by atoms with Crippen LogP contribution in [0.3, 0.4) is 0 Å². The van der Waals surface area contributed by atoms with E-state index in [-0.39, 0.29) is 5.76 Å². The average molecular weight is 363 g/mol. The third-order valence-corrected chi connectivity index (χ3v) is 3.11. The van der Waals surface area contributed by atoms with E-state index in [1.54, 1.807) is 24.3 Å². The molecule has 6 nitrogen and oxygen atoms in total. The Labute approximate surface area is 134 Å². The van der Waals surface area contributed by atoms with Crippen molar-refractivity contribution < 1.29 is 18.7 Å². The molecule has 0 bridgehead atoms. The van der Waals surface area contributed by atoms with Gasteiger partial charge in [-0.1, -0.05) is 6.07 Å². The summed E-state index contributed by atoms with van der Waals surface area (Å²) in [5.41, 5.74) is 0.871. The summed E-state index contributed by atoms with van der Waals surface area (Å²) < 4.78 is 10.5. The number of esters is 1. The Morgan fingerprint density at radius 1 is 1.36 bits per heavy atom. The molecule has 0 radical (unpaired) electrons. The van der Waals surface area contributed by atoms with Crippen LogP contribution in [0.25, 0.3) is 0 Å². The van der Waals surface area contributed by atoms with E-state index < -0.39 is 18.0 Å². The number of anilines is 1. The number of nitriles is 1. The lowest BCUT2D eigenvalue weighted by atomic mass is 10.2. The molecule has 1 atom stereocenters. The van der Waals surface area contributed by atoms with Gasteiger partial charge in [0.05, 0.1) is 11.6 Å². The molecule has 1 N–H and O–H groups in total. The summed E-state index contributed by atoms with van der Waals surface area (Å²) in [6.07, 6.45) is -1.01. The van der Waals surface area contributed by atoms with E-state index in [0.29, 0.717) is 15.9 Å². The maximum absolute atomic E-state index is 12.0. The Bertz CT molecular complexity index is 748. The quantitative estimate of drug-likeness (QED) is 0.843. The van der Waals surface area contributed by atoms with E-state index in [1.807, 2.05) is 6.07 Å². The smallest absolute Gasteiger partial charge is 0.375 e. The minimum Gasteiger partial charge on any atom is -0.447 e. The largest absolute Gasteiger partial charge is 0.447 e. The number of ether oxygens (including phenoxy) is 1. The van der Waals surface area contributed by atoms with Gasteiger partial charge in [-0.05, 0) is 53.2 Å². The molecule has 7 heteroatoms. The number of nitrogens with one attached hydrogen (secondary N) is 1. The van der Waals surface area contributed by atoms with Gasteiger partial charge in [0, 0.05) is 5.69 Å². The summed E-state index contributed by atoms with van der Waals surface area (Å²) in [7, 11) is 0. The van der Waals surface area contributed by atoms with Crippen LogP contribution in [-0.4, -0.2) is 18.0 Å². The fourth-order valence-corrected chi connectivity index (χ4v) is 1.91. The van der Waals surface area contributed by atoms with Crippen LogP contribution >= 0.6 is 15.9 Å². The van der Waals surface area contributed by atoms with Crippen molar-refractivity contribution in [3.8, 4) is 6.07 Å². The summed E-state index contributed by atoms with van der Waals surface area (Å²) in [6.45, 7) is 1.44. The molecule has 0 aliphatic rings. The number of rotatable bonds is 4. The van der Waals surface area contributed by atoms with E-state index >= 15 is 0 Å². The average Bonchev–Trinajstić information content (AvgIpc) is 2.94. The van der Waals surface area contributed by atoms with Gasteiger partial charge in [0.1, 0.15) is 0 Å². The first-order valence-electron chi connectivity index (χ1n) is 6.27. The Hall–Kier alpha value is -2.59. The first-order chi connectivity index (χ1) is 10.5. The van der Waals surface area contributed by atoms with Gasteiger partial charge in [0.15, 0.2) is 10.8 Å². The minimum atomic E-state index is -1.01. The van der Waals surface area contributed by atoms with Gasteiger partial charge >= 0.3 is 5.97 Å². The molecule has 0 aliphatic carbocycles. The monoisotopic (exact) mass is 362 g/mol. The van der Waals surface area contributed by atoms with E-state index in [4.69, 9.17) is 14.4 Å². The standard InChI is InChI=1S/C15H11BrN2O4/c1-9(21-15(20)12-5-6-13(16)22-12)14(19)18-11-4-2-3-10(7-11)8-17/h2-7,9H,1H3,(H,18,19)/t9-/m1/s1. The lowest BCUT2D eigenvalue weighted by Crippen LogP contribution is -2.29. The number of carbonyl (C=O) groups is 2. The summed E-state index contributed by atoms with van der Waals surface area (Å²) >= 11 is 3.07. The van der Waals surface area contributed by atoms with Crippen LogP contribution in [-0.2, 0) is 9.53 Å². The number of carbonyl (C=O) groups excluding carboxylic acids is 2. The van der Waals surface area contributed by atoms with Gasteiger partial charge in [0.25, 0.3) is 5.91 Å². The molecule has 2 aromatic rings. The normalized spacial score (nSPS) is 11.3. The second-order valence-corrected chi connectivity index (χ2v) is 5.11. The molecular formula is C15H11BrN2O4. The van der Waals surface area contributed by atoms with E-state index in [0.717, 1.165) is 0 Å². The molecule has 112 valence electrons. The number of furan rings is 1. The number of hydrogen-bond acceptors (Lipinski definition) is 5. The Morgan fingerprint density at radius 2 is 2.14 bits per heavy atom. The third kappa shape index (κ3) is 3.96. The van der Waals surface area contributed by atoms with Crippen LogP contribution in [0.15, 0.2) is 45.5 Å². The van der Waals surface area contributed by atoms with E-state index in [2.05, 4.69) is 21.2 Å². The number of nitrogens with zero attached hydrogens (tertiary/aromatic N) is 1. The Balaban J connectivity index is 1.97. The molecule has 0 aliphatic heterocycles. The zero-order chi connectivity index (χ0) is 16.1. The van der Waals surface area contributed by atoms with Gasteiger partial charge in [-0.3, -0.25) is 4.79 Å². The van der Waals surface area contributed by atoms with Crippen LogP contribution in [0.5, 0.6) is 0 Å². The number of amides is 1. The zero-order valence-electron chi connectivity index (χ0n) is 11.5. The summed E-state index contributed by atoms with van der Waals surface area (Å²) in [5, 5.41) is 11.4. The molecule has 1 amide bonds. The first kappa shape index (κ1) is 15.8. The maximum Gasteiger partial charge on any atom is 0.375 e. The fourth-order valence-electron chi connectivity index (χ4n) is 1.61. The van der Waals surface area contributed by atoms with Gasteiger partial charge < -0.3 is 14.5 Å². The van der Waals surface area contributed by atoms with Crippen LogP contribution in [0, 0.1) is 11.3 Å². The van der Waals surface area contributed by atoms with Gasteiger partial charge in [-0.2, -0.15) is 5.26 Å². The second kappa shape index (κ2) is 6.91. The van der Waals surface area contributed by atoms with Crippen molar-refractivity contribution in [1.82, 2.24) is 0 Å². The molecule has 1 heterocycles. The predicted molar refractivity (Wildman–Crippen MR) is 81.1 cm³/mol. The summed E-state index contributed by atoms with van der Waals surface area (Å²) in [4.78, 5) is 23.7. The van der Waals surface area contributed by atoms with Crippen molar-refractivity contribution >= 4 is 33.5 Å². The van der Waals surface area contributed by atoms with Gasteiger partial charge in [0.2, 0.25) is 5.76 Å². The third-order valence-electron chi connectivity index (χ3n) is 2.69. The van der Waals surface area contributed by atoms with Crippen LogP contribution < -0.4 is 5.32 Å². The Morgan fingerprint density at radius 3 is 2.77 bits per heavy atom. The fraction of sp³-hybridized carbons (Fsp3) is 0.133. The lowest BCUT2D eigenvalue weighted by Gasteiger charge is -2.12. The van der Waals surface area contributed by atoms with Crippen LogP contribution in [0.1, 0.15) is 23.0 Å². The van der Waals surface area contributed by atoms with Gasteiger partial charge in [-0.25, -0.2) is 4.79 Å². The molecule has 0 saturated carbocycles. The molecule has 1 aromatic carbocycles. The van der Waals surface area contributed by atoms with Gasteiger partial charge in [-0.15, -0.1) is 0 Å². The van der Waals surface area contributed by atoms with Crippen molar-refractivity contribution in [1.29, 1.82) is 5.26 Å². The van der Waals surface area contributed by atoms with Crippen molar-refractivity contribution in [2.24, 2.45) is 0 Å². The van der Waals surface area contributed by atoms with Crippen molar-refractivity contribution in [2.45, 2.75) is 13.0 Å². The highest BCUT2D eigenvalue weighted by Gasteiger charge is 2.21. The second-order valence-electron chi connectivity index (χ2n) is 4.33. The highest BCUT2D eigenvalue weighted by molar-refractivity contribution is 9.10. The molecule has 0 unspecified atom stereocenters. The number of hydrogen-bond donors (Lipinski definition) is 1. The van der Waals surface area contributed by atoms with Crippen LogP contribution in [0.4, 0.5) is 5.69 Å². The van der Waals surface area contributed by atoms with Crippen LogP contribution in [0.2, 0.25) is 0 Å². The zero-order valence-corrected chi connectivity index (χ0v) is 13.1. The van der Waals surface area contributed by atoms with Crippen molar-refractivity contribution in [3.05, 3.63) is 52.4 Å². The molecule has 22 heavy (non-hydrogen) atoms. The topological polar surface area (TPSA) is 92.3 Å². The first-order valence-corrected chi connectivity index (χ1v) is 7.06. The predicted octanol–water partition coefficient (Wildman–Crippen LogP) is 3.10. The number of benzene rings is 1. The van der Waals surface area contributed by atoms with Crippen molar-refractivity contribution in [2.75, 3.05) is 5.32 Å². The molecular weight excluding hydrogens is 352 g/mol. The number of halogens is 1. The SMILES string of the molecule is C[C@@H](OC(=O)c1ccc(Br)o1)C(=O)Nc1cccc(C#N)c1. The highest BCUT2D eigenvalue weighted by atomic mass is 79.9. The molecule has 0 saturated heterocycles. The lowest BCUT2D eigenvalue weighted by molar-refractivity contribution is -0.123. The summed E-state index contributed by atoms with van der Waals surface area (Å²) in [5.74, 6) is -1.24. The van der Waals surface area contributed by atoms with E-state index in [9.17, 15) is 9.59 Å². The van der Waals surface area contributed by atoms with Crippen molar-refractivity contribution in [3.63, 3.8) is 0 Å². The molecule has 0 spiro atoms. The highest BCUT2D eigenvalue weighted by Crippen LogP contribution is 2.16. The molecule has 1 aromatic heterocycles. The van der Waals surface area contributed by atoms with E-state index in [1.165, 1.54) is 19.1 Å². The minimum absolute atomic E-state index is 0.00185. The summed E-state index contributed by atoms with van der Waals surface area (Å²) in [6, 6.07) is 11.4. The maximum atomic E-state index is 12.0.